The molecule has 0 radical (unpaired) electrons. The fraction of sp³-hybridized carbons (Fsp3) is 0.250. The highest BCUT2D eigenvalue weighted by Gasteiger charge is 2.08. The largest absolute Gasteiger partial charge is 0.478 e. The van der Waals surface area contributed by atoms with Crippen molar-refractivity contribution in [3.05, 3.63) is 59.0 Å². The zero-order valence-corrected chi connectivity index (χ0v) is 11.8. The summed E-state index contributed by atoms with van der Waals surface area (Å²) in [4.78, 5) is 15.5. The monoisotopic (exact) mass is 288 g/mol. The summed E-state index contributed by atoms with van der Waals surface area (Å²) in [6.45, 7) is 2.47. The second-order valence-corrected chi connectivity index (χ2v) is 4.77. The molecule has 0 aliphatic rings. The average Bonchev–Trinajstić information content (AvgIpc) is 2.47. The lowest BCUT2D eigenvalue weighted by atomic mass is 10.1. The van der Waals surface area contributed by atoms with Crippen LogP contribution in [0.1, 0.15) is 35.0 Å². The summed E-state index contributed by atoms with van der Waals surface area (Å²) < 4.78 is 12.8. The predicted octanol–water partition coefficient (Wildman–Crippen LogP) is 3.48. The molecule has 0 saturated heterocycles. The third-order valence-electron chi connectivity index (χ3n) is 3.02. The summed E-state index contributed by atoms with van der Waals surface area (Å²) in [5.41, 5.74) is 1.87. The van der Waals surface area contributed by atoms with Crippen LogP contribution in [0.2, 0.25) is 0 Å². The molecule has 1 aromatic heterocycles. The number of aryl methyl sites for hydroxylation is 1. The molecule has 0 unspecified atom stereocenters. The summed E-state index contributed by atoms with van der Waals surface area (Å²) in [6.07, 6.45) is 1.62. The summed E-state index contributed by atoms with van der Waals surface area (Å²) in [5.74, 6) is -0.739. The number of rotatable bonds is 6. The van der Waals surface area contributed by atoms with Crippen LogP contribution < -0.4 is 5.32 Å². The Kier molecular flexibility index (Phi) is 4.87. The minimum Gasteiger partial charge on any atom is -0.478 e. The molecule has 1 heterocycles. The number of nitrogens with zero attached hydrogens (tertiary/aromatic N) is 1. The Labute approximate surface area is 122 Å². The van der Waals surface area contributed by atoms with Crippen LogP contribution >= 0.6 is 0 Å². The maximum absolute atomic E-state index is 12.8. The summed E-state index contributed by atoms with van der Waals surface area (Å²) in [6, 6.07) is 9.23. The van der Waals surface area contributed by atoms with E-state index in [2.05, 4.69) is 10.3 Å². The standard InChI is InChI=1S/C16H17FN2O2/c1-2-3-14-8-12(16(20)21)9-15(19-14)18-10-11-4-6-13(17)7-5-11/h4-9H,2-3,10H2,1H3,(H,18,19)(H,20,21). The number of carboxylic acid groups (broad SMARTS) is 1. The molecule has 0 fully saturated rings. The van der Waals surface area contributed by atoms with Gasteiger partial charge in [0.15, 0.2) is 0 Å². The number of aromatic carboxylic acids is 1. The Balaban J connectivity index is 2.14. The second-order valence-electron chi connectivity index (χ2n) is 4.77. The van der Waals surface area contributed by atoms with E-state index in [9.17, 15) is 9.18 Å². The average molecular weight is 288 g/mol. The lowest BCUT2D eigenvalue weighted by molar-refractivity contribution is 0.0696. The quantitative estimate of drug-likeness (QED) is 0.854. The van der Waals surface area contributed by atoms with Gasteiger partial charge < -0.3 is 10.4 Å². The molecule has 5 heteroatoms. The highest BCUT2D eigenvalue weighted by Crippen LogP contribution is 2.14. The van der Waals surface area contributed by atoms with Crippen molar-refractivity contribution < 1.29 is 14.3 Å². The van der Waals surface area contributed by atoms with Gasteiger partial charge in [-0.05, 0) is 36.2 Å². The van der Waals surface area contributed by atoms with Crippen molar-refractivity contribution >= 4 is 11.8 Å². The number of carbonyl (C=O) groups is 1. The fourth-order valence-corrected chi connectivity index (χ4v) is 1.98. The summed E-state index contributed by atoms with van der Waals surface area (Å²) in [5, 5.41) is 12.2. The molecule has 0 amide bonds. The van der Waals surface area contributed by atoms with E-state index >= 15 is 0 Å². The fourth-order valence-electron chi connectivity index (χ4n) is 1.98. The Morgan fingerprint density at radius 1 is 1.29 bits per heavy atom. The number of halogens is 1. The number of hydrogen-bond donors (Lipinski definition) is 2. The van der Waals surface area contributed by atoms with Crippen LogP contribution in [-0.2, 0) is 13.0 Å². The van der Waals surface area contributed by atoms with E-state index in [1.165, 1.54) is 18.2 Å². The van der Waals surface area contributed by atoms with Gasteiger partial charge in [-0.1, -0.05) is 25.5 Å². The van der Waals surface area contributed by atoms with Crippen LogP contribution in [0.4, 0.5) is 10.2 Å². The van der Waals surface area contributed by atoms with Gasteiger partial charge >= 0.3 is 5.97 Å². The molecular weight excluding hydrogens is 271 g/mol. The first-order valence-electron chi connectivity index (χ1n) is 6.81. The molecule has 1 aromatic carbocycles. The number of carboxylic acids is 1. The van der Waals surface area contributed by atoms with E-state index < -0.39 is 5.97 Å². The highest BCUT2D eigenvalue weighted by atomic mass is 19.1. The van der Waals surface area contributed by atoms with E-state index in [1.807, 2.05) is 6.92 Å². The predicted molar refractivity (Wildman–Crippen MR) is 78.9 cm³/mol. The number of aromatic nitrogens is 1. The smallest absolute Gasteiger partial charge is 0.335 e. The molecule has 4 nitrogen and oxygen atoms in total. The molecule has 0 spiro atoms. The van der Waals surface area contributed by atoms with Crippen LogP contribution in [0.5, 0.6) is 0 Å². The molecule has 2 aromatic rings. The first-order valence-corrected chi connectivity index (χ1v) is 6.81. The van der Waals surface area contributed by atoms with Crippen molar-refractivity contribution in [2.24, 2.45) is 0 Å². The number of anilines is 1. The van der Waals surface area contributed by atoms with Crippen LogP contribution in [0.15, 0.2) is 36.4 Å². The van der Waals surface area contributed by atoms with Gasteiger partial charge in [-0.3, -0.25) is 0 Å². The second kappa shape index (κ2) is 6.83. The molecule has 0 atom stereocenters. The van der Waals surface area contributed by atoms with Gasteiger partial charge in [0.1, 0.15) is 11.6 Å². The Hall–Kier alpha value is -2.43. The van der Waals surface area contributed by atoms with E-state index in [4.69, 9.17) is 5.11 Å². The first kappa shape index (κ1) is 15.0. The minimum absolute atomic E-state index is 0.218. The maximum Gasteiger partial charge on any atom is 0.335 e. The van der Waals surface area contributed by atoms with Gasteiger partial charge in [0.25, 0.3) is 0 Å². The SMILES string of the molecule is CCCc1cc(C(=O)O)cc(NCc2ccc(F)cc2)n1. The van der Waals surface area contributed by atoms with Gasteiger partial charge in [0.2, 0.25) is 0 Å². The number of nitrogens with one attached hydrogen (secondary N) is 1. The number of pyridine rings is 1. The molecule has 2 N–H and O–H groups in total. The van der Waals surface area contributed by atoms with E-state index in [1.54, 1.807) is 18.2 Å². The van der Waals surface area contributed by atoms with Gasteiger partial charge in [-0.15, -0.1) is 0 Å². The molecule has 0 aliphatic heterocycles. The van der Waals surface area contributed by atoms with Gasteiger partial charge in [0.05, 0.1) is 5.56 Å². The molecule has 2 rings (SSSR count). The van der Waals surface area contributed by atoms with Gasteiger partial charge in [-0.2, -0.15) is 0 Å². The van der Waals surface area contributed by atoms with Gasteiger partial charge in [0, 0.05) is 12.2 Å². The Bertz CT molecular complexity index is 627. The molecule has 0 bridgehead atoms. The Morgan fingerprint density at radius 2 is 2.00 bits per heavy atom. The van der Waals surface area contributed by atoms with Crippen molar-refractivity contribution in [2.75, 3.05) is 5.32 Å². The summed E-state index contributed by atoms with van der Waals surface area (Å²) >= 11 is 0. The molecule has 21 heavy (non-hydrogen) atoms. The van der Waals surface area contributed by atoms with E-state index in [-0.39, 0.29) is 11.4 Å². The van der Waals surface area contributed by atoms with Crippen molar-refractivity contribution in [2.45, 2.75) is 26.3 Å². The van der Waals surface area contributed by atoms with Crippen molar-refractivity contribution in [3.8, 4) is 0 Å². The summed E-state index contributed by atoms with van der Waals surface area (Å²) in [7, 11) is 0. The highest BCUT2D eigenvalue weighted by molar-refractivity contribution is 5.88. The lowest BCUT2D eigenvalue weighted by Gasteiger charge is -2.09. The van der Waals surface area contributed by atoms with Gasteiger partial charge in [-0.25, -0.2) is 14.2 Å². The van der Waals surface area contributed by atoms with Crippen molar-refractivity contribution in [1.82, 2.24) is 4.98 Å². The number of benzene rings is 1. The minimum atomic E-state index is -0.973. The van der Waals surface area contributed by atoms with Crippen LogP contribution in [-0.4, -0.2) is 16.1 Å². The lowest BCUT2D eigenvalue weighted by Crippen LogP contribution is -2.06. The van der Waals surface area contributed by atoms with Crippen LogP contribution in [0.25, 0.3) is 0 Å². The number of hydrogen-bond acceptors (Lipinski definition) is 3. The normalized spacial score (nSPS) is 10.4. The molecular formula is C16H17FN2O2. The van der Waals surface area contributed by atoms with E-state index in [0.717, 1.165) is 24.1 Å². The third-order valence-corrected chi connectivity index (χ3v) is 3.02. The zero-order valence-electron chi connectivity index (χ0n) is 11.8. The zero-order chi connectivity index (χ0) is 15.2. The van der Waals surface area contributed by atoms with Crippen molar-refractivity contribution in [3.63, 3.8) is 0 Å². The topological polar surface area (TPSA) is 62.2 Å². The van der Waals surface area contributed by atoms with Crippen molar-refractivity contribution in [1.29, 1.82) is 0 Å². The maximum atomic E-state index is 12.8. The molecule has 110 valence electrons. The molecule has 0 saturated carbocycles. The first-order chi connectivity index (χ1) is 10.1. The molecule has 0 aliphatic carbocycles. The van der Waals surface area contributed by atoms with Crippen LogP contribution in [0.3, 0.4) is 0 Å². The van der Waals surface area contributed by atoms with E-state index in [0.29, 0.717) is 12.4 Å². The Morgan fingerprint density at radius 3 is 2.62 bits per heavy atom. The van der Waals surface area contributed by atoms with Crippen LogP contribution in [0, 0.1) is 5.82 Å². The third kappa shape index (κ3) is 4.27.